The lowest BCUT2D eigenvalue weighted by atomic mass is 10.1. The van der Waals surface area contributed by atoms with Gasteiger partial charge in [-0.05, 0) is 12.1 Å². The van der Waals surface area contributed by atoms with Crippen molar-refractivity contribution >= 4 is 5.82 Å². The molecule has 0 aliphatic carbocycles. The van der Waals surface area contributed by atoms with Gasteiger partial charge in [-0.2, -0.15) is 5.26 Å². The Morgan fingerprint density at radius 2 is 2.07 bits per heavy atom. The maximum absolute atomic E-state index is 9.56. The minimum absolute atomic E-state index is 0.554. The molecule has 1 saturated heterocycles. The van der Waals surface area contributed by atoms with E-state index in [0.717, 1.165) is 61.9 Å². The van der Waals surface area contributed by atoms with E-state index in [1.54, 1.807) is 7.11 Å². The van der Waals surface area contributed by atoms with Crippen LogP contribution in [0.25, 0.3) is 0 Å². The van der Waals surface area contributed by atoms with Crippen LogP contribution in [0, 0.1) is 11.3 Å². The molecule has 0 bridgehead atoms. The molecule has 0 spiro atoms. The first-order valence-corrected chi connectivity index (χ1v) is 9.24. The molecule has 27 heavy (non-hydrogen) atoms. The van der Waals surface area contributed by atoms with E-state index in [-0.39, 0.29) is 0 Å². The zero-order chi connectivity index (χ0) is 18.6. The molecule has 1 fully saturated rings. The first-order chi connectivity index (χ1) is 13.3. The number of aromatic nitrogens is 2. The summed E-state index contributed by atoms with van der Waals surface area (Å²) in [4.78, 5) is 13.9. The van der Waals surface area contributed by atoms with Crippen LogP contribution >= 0.6 is 0 Å². The van der Waals surface area contributed by atoms with Crippen LogP contribution in [0.15, 0.2) is 24.3 Å². The van der Waals surface area contributed by atoms with Crippen LogP contribution in [0.3, 0.4) is 0 Å². The van der Waals surface area contributed by atoms with Gasteiger partial charge < -0.3 is 14.4 Å². The van der Waals surface area contributed by atoms with Gasteiger partial charge in [0, 0.05) is 50.8 Å². The van der Waals surface area contributed by atoms with Crippen LogP contribution < -0.4 is 9.64 Å². The van der Waals surface area contributed by atoms with E-state index in [1.807, 2.05) is 24.3 Å². The van der Waals surface area contributed by atoms with Crippen LogP contribution in [0.2, 0.25) is 0 Å². The number of nitriles is 1. The highest BCUT2D eigenvalue weighted by Gasteiger charge is 2.23. The fourth-order valence-electron chi connectivity index (χ4n) is 3.60. The fraction of sp³-hybridized carbons (Fsp3) is 0.450. The number of hydrogen-bond acceptors (Lipinski definition) is 7. The molecule has 2 aliphatic heterocycles. The van der Waals surface area contributed by atoms with Crippen molar-refractivity contribution < 1.29 is 9.47 Å². The van der Waals surface area contributed by atoms with Crippen molar-refractivity contribution in [2.24, 2.45) is 0 Å². The van der Waals surface area contributed by atoms with Gasteiger partial charge >= 0.3 is 0 Å². The fourth-order valence-corrected chi connectivity index (χ4v) is 3.60. The van der Waals surface area contributed by atoms with Crippen molar-refractivity contribution in [2.75, 3.05) is 44.8 Å². The molecule has 0 atom stereocenters. The van der Waals surface area contributed by atoms with Crippen LogP contribution in [0.4, 0.5) is 5.82 Å². The van der Waals surface area contributed by atoms with Gasteiger partial charge in [-0.15, -0.1) is 0 Å². The molecule has 7 nitrogen and oxygen atoms in total. The predicted octanol–water partition coefficient (Wildman–Crippen LogP) is 1.75. The normalized spacial score (nSPS) is 17.3. The Bertz CT molecular complexity index is 856. The number of methoxy groups -OCH3 is 1. The van der Waals surface area contributed by atoms with Gasteiger partial charge in [-0.1, -0.05) is 6.07 Å². The molecule has 4 rings (SSSR count). The average Bonchev–Trinajstić information content (AvgIpc) is 2.73. The smallest absolute Gasteiger partial charge is 0.213 e. The summed E-state index contributed by atoms with van der Waals surface area (Å²) in [5.74, 6) is 1.46. The van der Waals surface area contributed by atoms with Crippen molar-refractivity contribution in [2.45, 2.75) is 19.6 Å². The maximum Gasteiger partial charge on any atom is 0.213 e. The highest BCUT2D eigenvalue weighted by molar-refractivity contribution is 5.56. The lowest BCUT2D eigenvalue weighted by Crippen LogP contribution is -2.46. The molecule has 0 unspecified atom stereocenters. The minimum Gasteiger partial charge on any atom is -0.481 e. The summed E-state index contributed by atoms with van der Waals surface area (Å²) in [6, 6.07) is 10.1. The third-order valence-corrected chi connectivity index (χ3v) is 5.08. The van der Waals surface area contributed by atoms with Gasteiger partial charge in [0.25, 0.3) is 0 Å². The lowest BCUT2D eigenvalue weighted by molar-refractivity contribution is 0.109. The summed E-state index contributed by atoms with van der Waals surface area (Å²) in [5.41, 5.74) is 3.76. The van der Waals surface area contributed by atoms with Crippen molar-refractivity contribution in [3.63, 3.8) is 0 Å². The Balaban J connectivity index is 1.44. The summed E-state index contributed by atoms with van der Waals surface area (Å²) >= 11 is 0. The summed E-state index contributed by atoms with van der Waals surface area (Å²) in [5, 5.41) is 9.56. The molecular weight excluding hydrogens is 342 g/mol. The number of anilines is 1. The second-order valence-electron chi connectivity index (χ2n) is 6.81. The molecule has 0 amide bonds. The van der Waals surface area contributed by atoms with Crippen LogP contribution in [0.1, 0.15) is 22.5 Å². The summed E-state index contributed by atoms with van der Waals surface area (Å²) < 4.78 is 10.7. The number of ether oxygens (including phenoxy) is 2. The molecule has 2 aromatic rings. The molecule has 0 N–H and O–H groups in total. The molecule has 0 radical (unpaired) electrons. The second kappa shape index (κ2) is 7.91. The van der Waals surface area contributed by atoms with E-state index in [9.17, 15) is 5.26 Å². The molecule has 7 heteroatoms. The number of fused-ring (bicyclic) bond motifs is 1. The number of hydrogen-bond donors (Lipinski definition) is 0. The molecule has 140 valence electrons. The van der Waals surface area contributed by atoms with Gasteiger partial charge in [0.1, 0.15) is 11.9 Å². The summed E-state index contributed by atoms with van der Waals surface area (Å²) in [7, 11) is 1.63. The van der Waals surface area contributed by atoms with Crippen LogP contribution in [-0.4, -0.2) is 54.8 Å². The number of pyridine rings is 2. The third-order valence-electron chi connectivity index (χ3n) is 5.08. The molecule has 0 aromatic carbocycles. The van der Waals surface area contributed by atoms with E-state index in [1.165, 1.54) is 0 Å². The number of piperazine rings is 1. The van der Waals surface area contributed by atoms with Crippen molar-refractivity contribution in [1.29, 1.82) is 5.26 Å². The van der Waals surface area contributed by atoms with Gasteiger partial charge in [-0.25, -0.2) is 9.97 Å². The first-order valence-electron chi connectivity index (χ1n) is 9.24. The molecule has 4 heterocycles. The Kier molecular flexibility index (Phi) is 5.19. The largest absolute Gasteiger partial charge is 0.481 e. The van der Waals surface area contributed by atoms with Crippen molar-refractivity contribution in [3.05, 3.63) is 46.8 Å². The zero-order valence-corrected chi connectivity index (χ0v) is 15.5. The molecular formula is C20H23N5O2. The Morgan fingerprint density at radius 3 is 2.85 bits per heavy atom. The van der Waals surface area contributed by atoms with Crippen LogP contribution in [-0.2, 0) is 24.3 Å². The highest BCUT2D eigenvalue weighted by Crippen LogP contribution is 2.25. The Labute approximate surface area is 159 Å². The summed E-state index contributed by atoms with van der Waals surface area (Å²) in [6.45, 7) is 5.56. The van der Waals surface area contributed by atoms with Gasteiger partial charge in [-0.3, -0.25) is 4.90 Å². The van der Waals surface area contributed by atoms with Gasteiger partial charge in [0.2, 0.25) is 5.88 Å². The second-order valence-corrected chi connectivity index (χ2v) is 6.81. The minimum atomic E-state index is 0.554. The van der Waals surface area contributed by atoms with E-state index in [2.05, 4.69) is 20.9 Å². The van der Waals surface area contributed by atoms with Crippen LogP contribution in [0.5, 0.6) is 5.88 Å². The standard InChI is InChI=1S/C20H23N5O2/c1-26-19-4-2-3-17(22-19)13-24-6-8-25(9-7-24)20-15(12-21)11-16-14-27-10-5-18(16)23-20/h2-4,11H,5-10,13-14H2,1H3. The van der Waals surface area contributed by atoms with Gasteiger partial charge in [0.05, 0.1) is 37.3 Å². The third kappa shape index (κ3) is 3.87. The Hall–Kier alpha value is -2.69. The first kappa shape index (κ1) is 17.7. The van der Waals surface area contributed by atoms with Crippen molar-refractivity contribution in [1.82, 2.24) is 14.9 Å². The monoisotopic (exact) mass is 365 g/mol. The molecule has 0 saturated carbocycles. The predicted molar refractivity (Wildman–Crippen MR) is 101 cm³/mol. The van der Waals surface area contributed by atoms with Gasteiger partial charge in [0.15, 0.2) is 0 Å². The average molecular weight is 365 g/mol. The zero-order valence-electron chi connectivity index (χ0n) is 15.5. The summed E-state index contributed by atoms with van der Waals surface area (Å²) in [6.07, 6.45) is 0.815. The Morgan fingerprint density at radius 1 is 1.22 bits per heavy atom. The molecule has 2 aromatic heterocycles. The maximum atomic E-state index is 9.56. The highest BCUT2D eigenvalue weighted by atomic mass is 16.5. The van der Waals surface area contributed by atoms with E-state index in [0.29, 0.717) is 24.7 Å². The lowest BCUT2D eigenvalue weighted by Gasteiger charge is -2.36. The van der Waals surface area contributed by atoms with E-state index < -0.39 is 0 Å². The van der Waals surface area contributed by atoms with E-state index in [4.69, 9.17) is 14.5 Å². The topological polar surface area (TPSA) is 74.5 Å². The number of rotatable bonds is 4. The van der Waals surface area contributed by atoms with E-state index >= 15 is 0 Å². The molecule has 2 aliphatic rings. The number of nitrogens with zero attached hydrogens (tertiary/aromatic N) is 5. The van der Waals surface area contributed by atoms with Crippen molar-refractivity contribution in [3.8, 4) is 11.9 Å². The SMILES string of the molecule is COc1cccc(CN2CCN(c3nc4c(cc3C#N)COCC4)CC2)n1. The quantitative estimate of drug-likeness (QED) is 0.817.